The molecule has 0 radical (unpaired) electrons. The van der Waals surface area contributed by atoms with Gasteiger partial charge in [-0.15, -0.1) is 0 Å². The smallest absolute Gasteiger partial charge is 0.273 e. The molecule has 0 spiro atoms. The first-order valence-corrected chi connectivity index (χ1v) is 5.59. The maximum atomic E-state index is 12.0. The molecule has 6 nitrogen and oxygen atoms in total. The summed E-state index contributed by atoms with van der Waals surface area (Å²) >= 11 is 0. The van der Waals surface area contributed by atoms with Gasteiger partial charge in [0.1, 0.15) is 6.04 Å². The van der Waals surface area contributed by atoms with Crippen molar-refractivity contribution in [1.29, 1.82) is 0 Å². The van der Waals surface area contributed by atoms with E-state index in [9.17, 15) is 9.59 Å². The van der Waals surface area contributed by atoms with E-state index in [4.69, 9.17) is 0 Å². The van der Waals surface area contributed by atoms with Crippen LogP contribution in [0.5, 0.6) is 0 Å². The zero-order valence-electron chi connectivity index (χ0n) is 10.2. The Morgan fingerprint density at radius 2 is 2.06 bits per heavy atom. The Labute approximate surface area is 104 Å². The van der Waals surface area contributed by atoms with Gasteiger partial charge in [-0.05, 0) is 13.0 Å². The number of nitrogens with one attached hydrogen (secondary N) is 3. The van der Waals surface area contributed by atoms with Gasteiger partial charge >= 0.3 is 0 Å². The van der Waals surface area contributed by atoms with E-state index >= 15 is 0 Å². The summed E-state index contributed by atoms with van der Waals surface area (Å²) in [6.07, 6.45) is 0. The van der Waals surface area contributed by atoms with Gasteiger partial charge in [0.2, 0.25) is 5.91 Å². The number of benzene rings is 1. The monoisotopic (exact) mass is 246 g/mol. The van der Waals surface area contributed by atoms with Crippen molar-refractivity contribution in [3.63, 3.8) is 0 Å². The largest absolute Gasteiger partial charge is 0.357 e. The molecule has 0 aliphatic rings. The molecule has 94 valence electrons. The predicted molar refractivity (Wildman–Crippen MR) is 67.1 cm³/mol. The van der Waals surface area contributed by atoms with Crippen LogP contribution in [0.4, 0.5) is 0 Å². The Kier molecular flexibility index (Phi) is 3.27. The van der Waals surface area contributed by atoms with E-state index in [1.165, 1.54) is 7.05 Å². The molecule has 0 aliphatic heterocycles. The SMILES string of the molecule is CNC(=O)C(C)NC(=O)c1n[nH]c2ccccc12. The Balaban J connectivity index is 2.21. The van der Waals surface area contributed by atoms with Gasteiger partial charge in [-0.25, -0.2) is 0 Å². The van der Waals surface area contributed by atoms with E-state index in [0.717, 1.165) is 10.9 Å². The second-order valence-electron chi connectivity index (χ2n) is 3.93. The highest BCUT2D eigenvalue weighted by Crippen LogP contribution is 2.14. The first-order chi connectivity index (χ1) is 8.63. The number of nitrogens with zero attached hydrogens (tertiary/aromatic N) is 1. The number of H-pyrrole nitrogens is 1. The molecule has 2 aromatic rings. The summed E-state index contributed by atoms with van der Waals surface area (Å²) in [4.78, 5) is 23.3. The molecule has 1 aromatic heterocycles. The molecule has 1 aromatic carbocycles. The molecule has 0 fully saturated rings. The summed E-state index contributed by atoms with van der Waals surface area (Å²) in [6.45, 7) is 1.62. The number of amides is 2. The number of carbonyl (C=O) groups excluding carboxylic acids is 2. The van der Waals surface area contributed by atoms with Crippen molar-refractivity contribution in [3.05, 3.63) is 30.0 Å². The van der Waals surface area contributed by atoms with Crippen molar-refractivity contribution in [3.8, 4) is 0 Å². The van der Waals surface area contributed by atoms with Crippen LogP contribution >= 0.6 is 0 Å². The highest BCUT2D eigenvalue weighted by molar-refractivity contribution is 6.05. The van der Waals surface area contributed by atoms with Crippen LogP contribution in [0.2, 0.25) is 0 Å². The maximum Gasteiger partial charge on any atom is 0.273 e. The molecule has 0 saturated heterocycles. The average Bonchev–Trinajstić information content (AvgIpc) is 2.81. The quantitative estimate of drug-likeness (QED) is 0.733. The van der Waals surface area contributed by atoms with E-state index in [0.29, 0.717) is 5.69 Å². The minimum absolute atomic E-state index is 0.247. The van der Waals surface area contributed by atoms with Gasteiger partial charge in [0.15, 0.2) is 5.69 Å². The van der Waals surface area contributed by atoms with Crippen LogP contribution in [-0.4, -0.2) is 35.1 Å². The van der Waals surface area contributed by atoms with Crippen molar-refractivity contribution in [2.24, 2.45) is 0 Å². The molecule has 1 atom stereocenters. The van der Waals surface area contributed by atoms with Crippen molar-refractivity contribution >= 4 is 22.7 Å². The summed E-state index contributed by atoms with van der Waals surface area (Å²) in [5.74, 6) is -0.619. The number of hydrogen-bond donors (Lipinski definition) is 3. The average molecular weight is 246 g/mol. The summed E-state index contributed by atoms with van der Waals surface area (Å²) in [5, 5.41) is 12.5. The van der Waals surface area contributed by atoms with Gasteiger partial charge < -0.3 is 10.6 Å². The minimum atomic E-state index is -0.599. The zero-order valence-corrected chi connectivity index (χ0v) is 10.2. The third-order valence-corrected chi connectivity index (χ3v) is 2.67. The summed E-state index contributed by atoms with van der Waals surface area (Å²) in [7, 11) is 1.52. The molecule has 2 rings (SSSR count). The topological polar surface area (TPSA) is 86.9 Å². The lowest BCUT2D eigenvalue weighted by Crippen LogP contribution is -2.43. The first-order valence-electron chi connectivity index (χ1n) is 5.59. The molecule has 0 aliphatic carbocycles. The minimum Gasteiger partial charge on any atom is -0.357 e. The predicted octanol–water partition coefficient (Wildman–Crippen LogP) is 0.427. The summed E-state index contributed by atoms with van der Waals surface area (Å²) in [5.41, 5.74) is 1.08. The Morgan fingerprint density at radius 3 is 2.78 bits per heavy atom. The van der Waals surface area contributed by atoms with Crippen LogP contribution in [0.15, 0.2) is 24.3 Å². The second kappa shape index (κ2) is 4.87. The van der Waals surface area contributed by atoms with Crippen molar-refractivity contribution in [2.45, 2.75) is 13.0 Å². The lowest BCUT2D eigenvalue weighted by Gasteiger charge is -2.10. The molecule has 6 heteroatoms. The van der Waals surface area contributed by atoms with Gasteiger partial charge in [0, 0.05) is 12.4 Å². The fraction of sp³-hybridized carbons (Fsp3) is 0.250. The summed E-state index contributed by atoms with van der Waals surface area (Å²) < 4.78 is 0. The van der Waals surface area contributed by atoms with Crippen molar-refractivity contribution in [2.75, 3.05) is 7.05 Å². The van der Waals surface area contributed by atoms with Crippen LogP contribution in [0.25, 0.3) is 10.9 Å². The lowest BCUT2D eigenvalue weighted by molar-refractivity contribution is -0.122. The molecule has 0 bridgehead atoms. The molecule has 2 amide bonds. The van der Waals surface area contributed by atoms with Gasteiger partial charge in [0.25, 0.3) is 5.91 Å². The molecule has 0 saturated carbocycles. The van der Waals surface area contributed by atoms with Crippen LogP contribution in [0.3, 0.4) is 0 Å². The maximum absolute atomic E-state index is 12.0. The number of aromatic nitrogens is 2. The van der Waals surface area contributed by atoms with Crippen molar-refractivity contribution < 1.29 is 9.59 Å². The van der Waals surface area contributed by atoms with E-state index in [-0.39, 0.29) is 11.8 Å². The van der Waals surface area contributed by atoms with Crippen LogP contribution in [0, 0.1) is 0 Å². The molecule has 3 N–H and O–H groups in total. The standard InChI is InChI=1S/C12H14N4O2/c1-7(11(17)13-2)14-12(18)10-8-5-3-4-6-9(8)15-16-10/h3-7H,1-2H3,(H,13,17)(H,14,18)(H,15,16). The fourth-order valence-electron chi connectivity index (χ4n) is 1.68. The van der Waals surface area contributed by atoms with Gasteiger partial charge in [-0.3, -0.25) is 14.7 Å². The Bertz CT molecular complexity index is 591. The van der Waals surface area contributed by atoms with Crippen LogP contribution < -0.4 is 10.6 Å². The molecule has 1 unspecified atom stereocenters. The second-order valence-corrected chi connectivity index (χ2v) is 3.93. The Morgan fingerprint density at radius 1 is 1.33 bits per heavy atom. The van der Waals surface area contributed by atoms with Gasteiger partial charge in [0.05, 0.1) is 5.52 Å². The van der Waals surface area contributed by atoms with Crippen molar-refractivity contribution in [1.82, 2.24) is 20.8 Å². The van der Waals surface area contributed by atoms with E-state index in [1.807, 2.05) is 18.2 Å². The first kappa shape index (κ1) is 12.1. The molecular formula is C12H14N4O2. The van der Waals surface area contributed by atoms with Gasteiger partial charge in [-0.1, -0.05) is 18.2 Å². The molecule has 18 heavy (non-hydrogen) atoms. The third-order valence-electron chi connectivity index (χ3n) is 2.67. The Hall–Kier alpha value is -2.37. The number of rotatable bonds is 3. The number of fused-ring (bicyclic) bond motifs is 1. The van der Waals surface area contributed by atoms with Crippen LogP contribution in [-0.2, 0) is 4.79 Å². The van der Waals surface area contributed by atoms with E-state index in [1.54, 1.807) is 13.0 Å². The third kappa shape index (κ3) is 2.17. The molecule has 1 heterocycles. The number of hydrogen-bond acceptors (Lipinski definition) is 3. The molecular weight excluding hydrogens is 232 g/mol. The number of carbonyl (C=O) groups is 2. The normalized spacial score (nSPS) is 12.1. The summed E-state index contributed by atoms with van der Waals surface area (Å²) in [6, 6.07) is 6.73. The van der Waals surface area contributed by atoms with Gasteiger partial charge in [-0.2, -0.15) is 5.10 Å². The zero-order chi connectivity index (χ0) is 13.1. The highest BCUT2D eigenvalue weighted by atomic mass is 16.2. The van der Waals surface area contributed by atoms with E-state index < -0.39 is 6.04 Å². The fourth-order valence-corrected chi connectivity index (χ4v) is 1.68. The number of para-hydroxylation sites is 1. The van der Waals surface area contributed by atoms with Crippen LogP contribution in [0.1, 0.15) is 17.4 Å². The number of aromatic amines is 1. The number of likely N-dealkylation sites (N-methyl/N-ethyl adjacent to an activating group) is 1. The van der Waals surface area contributed by atoms with E-state index in [2.05, 4.69) is 20.8 Å². The lowest BCUT2D eigenvalue weighted by atomic mass is 10.2. The highest BCUT2D eigenvalue weighted by Gasteiger charge is 2.18.